The Bertz CT molecular complexity index is 721. The van der Waals surface area contributed by atoms with Gasteiger partial charge in [-0.25, -0.2) is 10.3 Å². The van der Waals surface area contributed by atoms with Gasteiger partial charge < -0.3 is 16.0 Å². The van der Waals surface area contributed by atoms with Crippen LogP contribution in [0.2, 0.25) is 0 Å². The molecular weight excluding hydrogens is 382 g/mol. The number of carbonyl (C=O) groups excluding carboxylic acids is 2. The highest BCUT2D eigenvalue weighted by Gasteiger charge is 2.57. The van der Waals surface area contributed by atoms with Crippen molar-refractivity contribution in [1.82, 2.24) is 20.8 Å². The van der Waals surface area contributed by atoms with Crippen molar-refractivity contribution in [1.29, 1.82) is 0 Å². The largest absolute Gasteiger partial charge is 0.418 e. The SMILES string of the molecule is CC1(C)CC(C(=O)NOCC2(N)CCNC2)N2CC1N(OS(=O)(=O)O)C2=O. The number of piperidine rings is 1. The van der Waals surface area contributed by atoms with Crippen LogP contribution in [-0.2, 0) is 24.3 Å². The lowest BCUT2D eigenvalue weighted by molar-refractivity contribution is -0.142. The molecule has 0 aromatic heterocycles. The van der Waals surface area contributed by atoms with Gasteiger partial charge in [-0.2, -0.15) is 13.5 Å². The zero-order valence-corrected chi connectivity index (χ0v) is 16.0. The van der Waals surface area contributed by atoms with Crippen molar-refractivity contribution in [2.45, 2.75) is 44.3 Å². The van der Waals surface area contributed by atoms with E-state index in [0.29, 0.717) is 18.0 Å². The molecule has 3 fully saturated rings. The summed E-state index contributed by atoms with van der Waals surface area (Å²) in [5, 5.41) is 3.73. The third-order valence-corrected chi connectivity index (χ3v) is 5.72. The smallest absolute Gasteiger partial charge is 0.322 e. The average Bonchev–Trinajstić information content (AvgIpc) is 3.08. The Morgan fingerprint density at radius 3 is 2.78 bits per heavy atom. The number of nitrogens with one attached hydrogen (secondary N) is 2. The molecule has 2 bridgehead atoms. The molecule has 3 aliphatic heterocycles. The molecule has 3 saturated heterocycles. The number of fused-ring (bicyclic) bond motifs is 2. The third-order valence-electron chi connectivity index (χ3n) is 5.37. The first-order valence-electron chi connectivity index (χ1n) is 8.60. The predicted octanol–water partition coefficient (Wildman–Crippen LogP) is -1.64. The number of amides is 3. The number of carbonyl (C=O) groups is 2. The summed E-state index contributed by atoms with van der Waals surface area (Å²) in [5.41, 5.74) is 7.26. The summed E-state index contributed by atoms with van der Waals surface area (Å²) in [4.78, 5) is 31.6. The first-order chi connectivity index (χ1) is 12.4. The van der Waals surface area contributed by atoms with Crippen LogP contribution in [0.5, 0.6) is 0 Å². The van der Waals surface area contributed by atoms with Gasteiger partial charge in [-0.05, 0) is 24.8 Å². The van der Waals surface area contributed by atoms with Crippen molar-refractivity contribution in [3.05, 3.63) is 0 Å². The Morgan fingerprint density at radius 1 is 1.48 bits per heavy atom. The van der Waals surface area contributed by atoms with Gasteiger partial charge in [0.25, 0.3) is 5.91 Å². The van der Waals surface area contributed by atoms with Crippen LogP contribution in [0.15, 0.2) is 0 Å². The second kappa shape index (κ2) is 6.83. The van der Waals surface area contributed by atoms with Crippen molar-refractivity contribution >= 4 is 22.3 Å². The second-order valence-corrected chi connectivity index (χ2v) is 9.04. The number of nitrogens with two attached hydrogens (primary N) is 1. The summed E-state index contributed by atoms with van der Waals surface area (Å²) in [7, 11) is -4.86. The molecule has 0 spiro atoms. The molecule has 27 heavy (non-hydrogen) atoms. The van der Waals surface area contributed by atoms with E-state index in [9.17, 15) is 18.0 Å². The molecule has 154 valence electrons. The average molecular weight is 407 g/mol. The summed E-state index contributed by atoms with van der Waals surface area (Å²) in [6.07, 6.45) is 0.979. The zero-order valence-electron chi connectivity index (χ0n) is 15.2. The van der Waals surface area contributed by atoms with Crippen LogP contribution in [-0.4, -0.2) is 78.7 Å². The van der Waals surface area contributed by atoms with Gasteiger partial charge in [0.1, 0.15) is 6.04 Å². The Balaban J connectivity index is 1.66. The fourth-order valence-corrected chi connectivity index (χ4v) is 4.16. The maximum absolute atomic E-state index is 12.6. The number of urea groups is 1. The molecule has 0 saturated carbocycles. The highest BCUT2D eigenvalue weighted by Crippen LogP contribution is 2.42. The molecule has 3 rings (SSSR count). The van der Waals surface area contributed by atoms with Gasteiger partial charge in [0, 0.05) is 13.1 Å². The zero-order chi connectivity index (χ0) is 20.0. The summed E-state index contributed by atoms with van der Waals surface area (Å²) in [5.74, 6) is -0.530. The molecule has 0 aromatic carbocycles. The Kier molecular flexibility index (Phi) is 5.12. The monoisotopic (exact) mass is 407 g/mol. The van der Waals surface area contributed by atoms with E-state index < -0.39 is 45.4 Å². The molecule has 3 amide bonds. The summed E-state index contributed by atoms with van der Waals surface area (Å²) in [6.45, 7) is 5.13. The molecule has 3 unspecified atom stereocenters. The van der Waals surface area contributed by atoms with Crippen LogP contribution in [0.3, 0.4) is 0 Å². The standard InChI is InChI=1S/C14H25N5O7S/c1-13(2)5-9(11(20)17-25-8-14(15)3-4-16-7-14)18-6-10(13)19(12(18)21)26-27(22,23)24/h9-10,16H,3-8,15H2,1-2H3,(H,17,20)(H,22,23,24). The molecule has 3 atom stereocenters. The van der Waals surface area contributed by atoms with Crippen LogP contribution < -0.4 is 16.5 Å². The minimum absolute atomic E-state index is 0.0875. The number of nitrogens with zero attached hydrogens (tertiary/aromatic N) is 2. The highest BCUT2D eigenvalue weighted by molar-refractivity contribution is 7.80. The molecule has 5 N–H and O–H groups in total. The predicted molar refractivity (Wildman–Crippen MR) is 91.0 cm³/mol. The van der Waals surface area contributed by atoms with E-state index in [1.165, 1.54) is 4.90 Å². The van der Waals surface area contributed by atoms with E-state index >= 15 is 0 Å². The van der Waals surface area contributed by atoms with Crippen molar-refractivity contribution in [3.8, 4) is 0 Å². The van der Waals surface area contributed by atoms with Crippen LogP contribution in [0, 0.1) is 5.41 Å². The molecule has 3 heterocycles. The molecule has 12 nitrogen and oxygen atoms in total. The van der Waals surface area contributed by atoms with Crippen molar-refractivity contribution in [2.24, 2.45) is 11.1 Å². The van der Waals surface area contributed by atoms with Gasteiger partial charge in [-0.3, -0.25) is 14.2 Å². The van der Waals surface area contributed by atoms with Crippen LogP contribution in [0.25, 0.3) is 0 Å². The number of hydrogen-bond acceptors (Lipinski definition) is 8. The Morgan fingerprint density at radius 2 is 2.19 bits per heavy atom. The number of rotatable bonds is 6. The summed E-state index contributed by atoms with van der Waals surface area (Å²) in [6, 6.07) is -2.30. The molecule has 3 aliphatic rings. The first kappa shape index (κ1) is 20.2. The number of hydroxylamine groups is 3. The highest BCUT2D eigenvalue weighted by atomic mass is 32.3. The van der Waals surface area contributed by atoms with Gasteiger partial charge in [-0.1, -0.05) is 13.8 Å². The quantitative estimate of drug-likeness (QED) is 0.299. The molecule has 0 radical (unpaired) electrons. The third kappa shape index (κ3) is 4.17. The van der Waals surface area contributed by atoms with Crippen LogP contribution in [0.4, 0.5) is 4.79 Å². The lowest BCUT2D eigenvalue weighted by atomic mass is 9.76. The fraction of sp³-hybridized carbons (Fsp3) is 0.857. The van der Waals surface area contributed by atoms with Crippen molar-refractivity contribution in [2.75, 3.05) is 26.2 Å². The van der Waals surface area contributed by atoms with Crippen LogP contribution in [0.1, 0.15) is 26.7 Å². The van der Waals surface area contributed by atoms with Crippen molar-refractivity contribution in [3.63, 3.8) is 0 Å². The second-order valence-electron chi connectivity index (χ2n) is 8.03. The van der Waals surface area contributed by atoms with E-state index in [2.05, 4.69) is 15.1 Å². The molecule has 0 aromatic rings. The molecule has 13 heteroatoms. The van der Waals surface area contributed by atoms with Gasteiger partial charge in [0.2, 0.25) is 0 Å². The maximum atomic E-state index is 12.6. The lowest BCUT2D eigenvalue weighted by Crippen LogP contribution is -2.55. The normalized spacial score (nSPS) is 32.8. The summed E-state index contributed by atoms with van der Waals surface area (Å²) >= 11 is 0. The van der Waals surface area contributed by atoms with Crippen molar-refractivity contribution < 1.29 is 31.7 Å². The van der Waals surface area contributed by atoms with Gasteiger partial charge in [0.15, 0.2) is 0 Å². The summed E-state index contributed by atoms with van der Waals surface area (Å²) < 4.78 is 35.5. The fourth-order valence-electron chi connectivity index (χ4n) is 3.79. The number of hydrogen-bond donors (Lipinski definition) is 4. The molecular formula is C14H25N5O7S. The van der Waals surface area contributed by atoms with Gasteiger partial charge >= 0.3 is 16.4 Å². The minimum atomic E-state index is -4.86. The van der Waals surface area contributed by atoms with Gasteiger partial charge in [-0.15, -0.1) is 4.28 Å². The topological polar surface area (TPSA) is 164 Å². The van der Waals surface area contributed by atoms with E-state index in [1.54, 1.807) is 13.8 Å². The van der Waals surface area contributed by atoms with Gasteiger partial charge in [0.05, 0.1) is 18.2 Å². The molecule has 0 aliphatic carbocycles. The Hall–Kier alpha value is -1.51. The Labute approximate surface area is 157 Å². The maximum Gasteiger partial charge on any atom is 0.418 e. The van der Waals surface area contributed by atoms with E-state index in [1.807, 2.05) is 0 Å². The van der Waals surface area contributed by atoms with E-state index in [-0.39, 0.29) is 19.6 Å². The lowest BCUT2D eigenvalue weighted by Gasteiger charge is -2.40. The van der Waals surface area contributed by atoms with E-state index in [4.69, 9.17) is 15.1 Å². The van der Waals surface area contributed by atoms with Crippen LogP contribution >= 0.6 is 0 Å². The van der Waals surface area contributed by atoms with E-state index in [0.717, 1.165) is 6.54 Å². The minimum Gasteiger partial charge on any atom is -0.322 e. The first-order valence-corrected chi connectivity index (χ1v) is 9.97.